The smallest absolute Gasteiger partial charge is 0.244 e. The first kappa shape index (κ1) is 17.5. The van der Waals surface area contributed by atoms with Gasteiger partial charge in [0, 0.05) is 31.7 Å². The molecule has 0 aromatic carbocycles. The highest BCUT2D eigenvalue weighted by atomic mass is 32.2. The maximum atomic E-state index is 12.7. The molecule has 0 saturated heterocycles. The Morgan fingerprint density at radius 1 is 1.40 bits per heavy atom. The number of nitrogens with zero attached hydrogens (tertiary/aromatic N) is 1. The number of hydrogen-bond donors (Lipinski definition) is 1. The van der Waals surface area contributed by atoms with Gasteiger partial charge in [0.15, 0.2) is 0 Å². The third-order valence-electron chi connectivity index (χ3n) is 2.85. The van der Waals surface area contributed by atoms with Crippen molar-refractivity contribution in [2.45, 2.75) is 24.5 Å². The van der Waals surface area contributed by atoms with Crippen molar-refractivity contribution in [1.29, 1.82) is 0 Å². The zero-order valence-electron chi connectivity index (χ0n) is 11.9. The lowest BCUT2D eigenvalue weighted by Crippen LogP contribution is -2.43. The summed E-state index contributed by atoms with van der Waals surface area (Å²) in [6.45, 7) is 2.32. The van der Waals surface area contributed by atoms with Gasteiger partial charge in [-0.05, 0) is 18.4 Å². The molecule has 0 spiro atoms. The molecule has 1 rings (SSSR count). The average Bonchev–Trinajstić information content (AvgIpc) is 2.88. The number of sulfonamides is 1. The van der Waals surface area contributed by atoms with Gasteiger partial charge in [-0.1, -0.05) is 0 Å². The van der Waals surface area contributed by atoms with E-state index in [0.29, 0.717) is 18.1 Å². The molecule has 6 nitrogen and oxygen atoms in total. The second kappa shape index (κ2) is 8.06. The Morgan fingerprint density at radius 3 is 2.65 bits per heavy atom. The molecular weight excluding hydrogens is 302 g/mol. The second-order valence-corrected chi connectivity index (χ2v) is 7.14. The van der Waals surface area contributed by atoms with Gasteiger partial charge in [0.05, 0.1) is 24.7 Å². The lowest BCUT2D eigenvalue weighted by molar-refractivity contribution is 0.119. The van der Waals surface area contributed by atoms with E-state index in [0.717, 1.165) is 0 Å². The zero-order valence-corrected chi connectivity index (χ0v) is 13.5. The fourth-order valence-electron chi connectivity index (χ4n) is 1.88. The number of rotatable bonds is 9. The molecule has 1 unspecified atom stereocenters. The number of aliphatic hydroxyl groups is 1. The quantitative estimate of drug-likeness (QED) is 0.731. The first-order chi connectivity index (χ1) is 9.48. The van der Waals surface area contributed by atoms with Crippen molar-refractivity contribution in [3.8, 4) is 0 Å². The Morgan fingerprint density at radius 2 is 2.10 bits per heavy atom. The second-order valence-electron chi connectivity index (χ2n) is 4.28. The van der Waals surface area contributed by atoms with Gasteiger partial charge in [-0.3, -0.25) is 0 Å². The highest BCUT2D eigenvalue weighted by molar-refractivity contribution is 7.89. The molecular formula is C12H21NO5S2. The maximum absolute atomic E-state index is 12.7. The predicted octanol–water partition coefficient (Wildman–Crippen LogP) is 0.912. The molecule has 1 N–H and O–H groups in total. The Hall–Kier alpha value is -0.510. The van der Waals surface area contributed by atoms with Gasteiger partial charge in [-0.2, -0.15) is 4.31 Å². The van der Waals surface area contributed by atoms with E-state index in [1.54, 1.807) is 12.3 Å². The Bertz CT molecular complexity index is 500. The maximum Gasteiger partial charge on any atom is 0.244 e. The molecule has 8 heteroatoms. The fraction of sp³-hybridized carbons (Fsp3) is 0.667. The van der Waals surface area contributed by atoms with Crippen LogP contribution in [0.15, 0.2) is 16.3 Å². The SMILES string of the molecule is COCCN(C(C)COC)S(=O)(=O)c1ccsc1CO. The number of ether oxygens (including phenoxy) is 2. The molecule has 116 valence electrons. The monoisotopic (exact) mass is 323 g/mol. The largest absolute Gasteiger partial charge is 0.391 e. The van der Waals surface area contributed by atoms with Crippen molar-refractivity contribution in [1.82, 2.24) is 4.31 Å². The van der Waals surface area contributed by atoms with Gasteiger partial charge in [-0.15, -0.1) is 11.3 Å². The minimum absolute atomic E-state index is 0.157. The summed E-state index contributed by atoms with van der Waals surface area (Å²) >= 11 is 1.22. The van der Waals surface area contributed by atoms with Crippen LogP contribution in [-0.2, 0) is 26.1 Å². The summed E-state index contributed by atoms with van der Waals surface area (Å²) in [5.74, 6) is 0. The molecule has 1 heterocycles. The summed E-state index contributed by atoms with van der Waals surface area (Å²) in [6, 6.07) is 1.21. The average molecular weight is 323 g/mol. The molecule has 0 aliphatic rings. The van der Waals surface area contributed by atoms with Crippen molar-refractivity contribution in [3.63, 3.8) is 0 Å². The zero-order chi connectivity index (χ0) is 15.2. The van der Waals surface area contributed by atoms with Crippen molar-refractivity contribution in [3.05, 3.63) is 16.3 Å². The minimum Gasteiger partial charge on any atom is -0.391 e. The highest BCUT2D eigenvalue weighted by Gasteiger charge is 2.31. The molecule has 20 heavy (non-hydrogen) atoms. The topological polar surface area (TPSA) is 76.1 Å². The predicted molar refractivity (Wildman–Crippen MR) is 77.3 cm³/mol. The van der Waals surface area contributed by atoms with Crippen molar-refractivity contribution in [2.75, 3.05) is 34.0 Å². The van der Waals surface area contributed by atoms with E-state index in [4.69, 9.17) is 9.47 Å². The van der Waals surface area contributed by atoms with E-state index in [2.05, 4.69) is 0 Å². The van der Waals surface area contributed by atoms with Crippen molar-refractivity contribution >= 4 is 21.4 Å². The van der Waals surface area contributed by atoms with Gasteiger partial charge in [0.25, 0.3) is 0 Å². The summed E-state index contributed by atoms with van der Waals surface area (Å²) in [5, 5.41) is 10.9. The van der Waals surface area contributed by atoms with Crippen molar-refractivity contribution < 1.29 is 23.0 Å². The Balaban J connectivity index is 3.10. The van der Waals surface area contributed by atoms with Crippen LogP contribution in [0.1, 0.15) is 11.8 Å². The van der Waals surface area contributed by atoms with Crippen LogP contribution in [0.4, 0.5) is 0 Å². The number of thiophene rings is 1. The normalized spacial score (nSPS) is 13.8. The molecule has 0 aliphatic heterocycles. The molecule has 1 atom stereocenters. The fourth-order valence-corrected chi connectivity index (χ4v) is 4.75. The molecule has 1 aromatic heterocycles. The van der Waals surface area contributed by atoms with Crippen LogP contribution in [0, 0.1) is 0 Å². The molecule has 1 aromatic rings. The molecule has 0 fully saturated rings. The van der Waals surface area contributed by atoms with Crippen LogP contribution in [0.5, 0.6) is 0 Å². The highest BCUT2D eigenvalue weighted by Crippen LogP contribution is 2.26. The first-order valence-corrected chi connectivity index (χ1v) is 8.48. The van der Waals surface area contributed by atoms with E-state index >= 15 is 0 Å². The molecule has 0 aliphatic carbocycles. The lowest BCUT2D eigenvalue weighted by atomic mass is 10.3. The standard InChI is InChI=1S/C12H21NO5S2/c1-10(9-18-3)13(5-6-17-2)20(15,16)12-4-7-19-11(12)8-14/h4,7,10,14H,5-6,8-9H2,1-3H3. The molecule has 0 saturated carbocycles. The third-order valence-corrected chi connectivity index (χ3v) is 5.98. The van der Waals surface area contributed by atoms with E-state index in [9.17, 15) is 13.5 Å². The van der Waals surface area contributed by atoms with E-state index in [-0.39, 0.29) is 24.1 Å². The van der Waals surface area contributed by atoms with E-state index in [1.807, 2.05) is 0 Å². The van der Waals surface area contributed by atoms with E-state index < -0.39 is 10.0 Å². The van der Waals surface area contributed by atoms with Crippen LogP contribution in [-0.4, -0.2) is 57.8 Å². The lowest BCUT2D eigenvalue weighted by Gasteiger charge is -2.27. The van der Waals surface area contributed by atoms with Gasteiger partial charge >= 0.3 is 0 Å². The number of hydrogen-bond acceptors (Lipinski definition) is 6. The van der Waals surface area contributed by atoms with Gasteiger partial charge in [0.2, 0.25) is 10.0 Å². The number of methoxy groups -OCH3 is 2. The first-order valence-electron chi connectivity index (χ1n) is 6.16. The van der Waals surface area contributed by atoms with Crippen molar-refractivity contribution in [2.24, 2.45) is 0 Å². The van der Waals surface area contributed by atoms with Crippen LogP contribution < -0.4 is 0 Å². The summed E-state index contributed by atoms with van der Waals surface area (Å²) in [5.41, 5.74) is 0. The molecule has 0 amide bonds. The summed E-state index contributed by atoms with van der Waals surface area (Å²) in [6.07, 6.45) is 0. The summed E-state index contributed by atoms with van der Waals surface area (Å²) in [7, 11) is -0.618. The van der Waals surface area contributed by atoms with E-state index in [1.165, 1.54) is 35.9 Å². The van der Waals surface area contributed by atoms with Crippen LogP contribution >= 0.6 is 11.3 Å². The van der Waals surface area contributed by atoms with Crippen LogP contribution in [0.2, 0.25) is 0 Å². The summed E-state index contributed by atoms with van der Waals surface area (Å²) < 4.78 is 36.8. The van der Waals surface area contributed by atoms with Crippen LogP contribution in [0.3, 0.4) is 0 Å². The molecule has 0 bridgehead atoms. The third kappa shape index (κ3) is 4.00. The number of aliphatic hydroxyl groups excluding tert-OH is 1. The minimum atomic E-state index is -3.67. The van der Waals surface area contributed by atoms with Gasteiger partial charge < -0.3 is 14.6 Å². The molecule has 0 radical (unpaired) electrons. The van der Waals surface area contributed by atoms with Gasteiger partial charge in [0.1, 0.15) is 0 Å². The Labute approximate surface area is 124 Å². The summed E-state index contributed by atoms with van der Waals surface area (Å²) in [4.78, 5) is 0.598. The Kier molecular flexibility index (Phi) is 7.07. The van der Waals surface area contributed by atoms with Gasteiger partial charge in [-0.25, -0.2) is 8.42 Å². The van der Waals surface area contributed by atoms with Crippen LogP contribution in [0.25, 0.3) is 0 Å².